The topological polar surface area (TPSA) is 65.4 Å². The molecular weight excluding hydrogens is 341 g/mol. The van der Waals surface area contributed by atoms with Gasteiger partial charge in [0.15, 0.2) is 5.69 Å². The third-order valence-electron chi connectivity index (χ3n) is 3.38. The molecule has 1 heterocycles. The van der Waals surface area contributed by atoms with Crippen LogP contribution in [-0.4, -0.2) is 15.4 Å². The third-order valence-corrected chi connectivity index (χ3v) is 3.71. The number of aromatic nitrogens is 3. The first kappa shape index (κ1) is 16.0. The van der Waals surface area contributed by atoms with Crippen LogP contribution in [0.3, 0.4) is 0 Å². The second-order valence-electron chi connectivity index (χ2n) is 4.92. The van der Waals surface area contributed by atoms with Crippen LogP contribution in [0.1, 0.15) is 11.3 Å². The van der Waals surface area contributed by atoms with Crippen LogP contribution in [0.4, 0.5) is 13.2 Å². The zero-order valence-electron chi connectivity index (χ0n) is 11.9. The molecule has 8 heteroatoms. The van der Waals surface area contributed by atoms with Gasteiger partial charge >= 0.3 is 6.18 Å². The van der Waals surface area contributed by atoms with Crippen LogP contribution >= 0.6 is 11.6 Å². The number of nitrogens with zero attached hydrogens (tertiary/aromatic N) is 3. The molecule has 1 aromatic heterocycles. The molecule has 3 aromatic rings. The molecule has 24 heavy (non-hydrogen) atoms. The van der Waals surface area contributed by atoms with Gasteiger partial charge in [0, 0.05) is 16.1 Å². The molecule has 3 rings (SSSR count). The van der Waals surface area contributed by atoms with E-state index in [1.54, 1.807) is 24.3 Å². The lowest BCUT2D eigenvalue weighted by molar-refractivity contribution is -0.137. The van der Waals surface area contributed by atoms with Crippen molar-refractivity contribution in [3.05, 3.63) is 58.7 Å². The predicted octanol–water partition coefficient (Wildman–Crippen LogP) is 4.68. The van der Waals surface area contributed by atoms with Crippen molar-refractivity contribution >= 4 is 11.6 Å². The standard InChI is InChI=1S/C16H8ClF3N4/c17-13-4-2-1-3-12(13)9-5-10(7-11(6-9)16(18,19)20)15-14(8-21)22-24-23-15/h1-7H,(H,22,23,24). The molecule has 0 radical (unpaired) electrons. The zero-order chi connectivity index (χ0) is 17.3. The summed E-state index contributed by atoms with van der Waals surface area (Å²) in [5.74, 6) is 0. The SMILES string of the molecule is N#Cc1[nH]nnc1-c1cc(-c2ccccc2Cl)cc(C(F)(F)F)c1. The van der Waals surface area contributed by atoms with Crippen LogP contribution in [0.15, 0.2) is 42.5 Å². The molecule has 4 nitrogen and oxygen atoms in total. The van der Waals surface area contributed by atoms with Crippen molar-refractivity contribution in [2.24, 2.45) is 0 Å². The van der Waals surface area contributed by atoms with Crippen LogP contribution in [0.2, 0.25) is 5.02 Å². The predicted molar refractivity (Wildman–Crippen MR) is 82.0 cm³/mol. The van der Waals surface area contributed by atoms with Gasteiger partial charge in [0.25, 0.3) is 0 Å². The monoisotopic (exact) mass is 348 g/mol. The van der Waals surface area contributed by atoms with Gasteiger partial charge in [-0.1, -0.05) is 35.0 Å². The molecule has 0 saturated carbocycles. The maximum absolute atomic E-state index is 13.2. The molecule has 0 saturated heterocycles. The average Bonchev–Trinajstić information content (AvgIpc) is 3.02. The molecule has 0 bridgehead atoms. The molecular formula is C16H8ClF3N4. The van der Waals surface area contributed by atoms with E-state index in [2.05, 4.69) is 15.4 Å². The summed E-state index contributed by atoms with van der Waals surface area (Å²) in [5, 5.41) is 18.9. The number of hydrogen-bond donors (Lipinski definition) is 1. The summed E-state index contributed by atoms with van der Waals surface area (Å²) in [5.41, 5.74) is 0.0361. The van der Waals surface area contributed by atoms with Gasteiger partial charge in [0.2, 0.25) is 0 Å². The first-order valence-electron chi connectivity index (χ1n) is 6.69. The fourth-order valence-electron chi connectivity index (χ4n) is 2.29. The summed E-state index contributed by atoms with van der Waals surface area (Å²) in [4.78, 5) is 0. The minimum absolute atomic E-state index is 0.0144. The van der Waals surface area contributed by atoms with Crippen LogP contribution in [-0.2, 0) is 6.18 Å². The van der Waals surface area contributed by atoms with E-state index < -0.39 is 11.7 Å². The molecule has 120 valence electrons. The fourth-order valence-corrected chi connectivity index (χ4v) is 2.53. The summed E-state index contributed by atoms with van der Waals surface area (Å²) in [7, 11) is 0. The summed E-state index contributed by atoms with van der Waals surface area (Å²) in [6.07, 6.45) is -4.55. The number of aromatic amines is 1. The highest BCUT2D eigenvalue weighted by Crippen LogP contribution is 2.37. The highest BCUT2D eigenvalue weighted by atomic mass is 35.5. The molecule has 0 aliphatic rings. The molecule has 0 unspecified atom stereocenters. The van der Waals surface area contributed by atoms with Crippen molar-refractivity contribution in [3.63, 3.8) is 0 Å². The van der Waals surface area contributed by atoms with Crippen LogP contribution < -0.4 is 0 Å². The highest BCUT2D eigenvalue weighted by molar-refractivity contribution is 6.33. The second kappa shape index (κ2) is 5.98. The number of nitriles is 1. The van der Waals surface area contributed by atoms with E-state index in [1.165, 1.54) is 6.07 Å². The number of benzene rings is 2. The molecule has 0 spiro atoms. The number of halogens is 4. The van der Waals surface area contributed by atoms with Crippen molar-refractivity contribution in [1.82, 2.24) is 15.4 Å². The van der Waals surface area contributed by atoms with Crippen molar-refractivity contribution in [3.8, 4) is 28.5 Å². The zero-order valence-corrected chi connectivity index (χ0v) is 12.7. The third kappa shape index (κ3) is 2.96. The van der Waals surface area contributed by atoms with E-state index in [-0.39, 0.29) is 22.5 Å². The Morgan fingerprint density at radius 2 is 1.79 bits per heavy atom. The summed E-state index contributed by atoms with van der Waals surface area (Å²) in [6, 6.07) is 11.8. The molecule has 1 N–H and O–H groups in total. The van der Waals surface area contributed by atoms with Gasteiger partial charge in [-0.15, -0.1) is 5.10 Å². The maximum atomic E-state index is 13.2. The van der Waals surface area contributed by atoms with E-state index in [0.717, 1.165) is 12.1 Å². The Kier molecular flexibility index (Phi) is 3.99. The molecule has 0 fully saturated rings. The summed E-state index contributed by atoms with van der Waals surface area (Å²) >= 11 is 6.09. The maximum Gasteiger partial charge on any atom is 0.416 e. The van der Waals surface area contributed by atoms with Crippen LogP contribution in [0.25, 0.3) is 22.4 Å². The van der Waals surface area contributed by atoms with Gasteiger partial charge < -0.3 is 0 Å². The Labute approximate surface area is 139 Å². The van der Waals surface area contributed by atoms with Gasteiger partial charge in [-0.2, -0.15) is 18.4 Å². The number of alkyl halides is 3. The van der Waals surface area contributed by atoms with Crippen molar-refractivity contribution in [2.75, 3.05) is 0 Å². The Balaban J connectivity index is 2.27. The minimum Gasteiger partial charge on any atom is -0.247 e. The Hall–Kier alpha value is -2.85. The number of hydrogen-bond acceptors (Lipinski definition) is 3. The molecule has 0 aliphatic heterocycles. The van der Waals surface area contributed by atoms with E-state index in [9.17, 15) is 13.2 Å². The van der Waals surface area contributed by atoms with E-state index in [0.29, 0.717) is 10.6 Å². The highest BCUT2D eigenvalue weighted by Gasteiger charge is 2.32. The van der Waals surface area contributed by atoms with E-state index in [4.69, 9.17) is 16.9 Å². The fraction of sp³-hybridized carbons (Fsp3) is 0.0625. The lowest BCUT2D eigenvalue weighted by Gasteiger charge is -2.12. The quantitative estimate of drug-likeness (QED) is 0.731. The van der Waals surface area contributed by atoms with Gasteiger partial charge in [-0.05, 0) is 29.8 Å². The van der Waals surface area contributed by atoms with Gasteiger partial charge in [-0.25, -0.2) is 5.10 Å². The van der Waals surface area contributed by atoms with Crippen LogP contribution in [0, 0.1) is 11.3 Å². The van der Waals surface area contributed by atoms with E-state index >= 15 is 0 Å². The number of H-pyrrole nitrogens is 1. The van der Waals surface area contributed by atoms with Gasteiger partial charge in [0.1, 0.15) is 11.8 Å². The first-order chi connectivity index (χ1) is 11.4. The normalized spacial score (nSPS) is 11.3. The van der Waals surface area contributed by atoms with Crippen LogP contribution in [0.5, 0.6) is 0 Å². The first-order valence-corrected chi connectivity index (χ1v) is 7.06. The Bertz CT molecular complexity index is 921. The number of nitrogens with one attached hydrogen (secondary N) is 1. The largest absolute Gasteiger partial charge is 0.416 e. The Morgan fingerprint density at radius 1 is 1.08 bits per heavy atom. The van der Waals surface area contributed by atoms with E-state index in [1.807, 2.05) is 6.07 Å². The molecule has 0 amide bonds. The van der Waals surface area contributed by atoms with Gasteiger partial charge in [-0.3, -0.25) is 0 Å². The van der Waals surface area contributed by atoms with Crippen molar-refractivity contribution in [2.45, 2.75) is 6.18 Å². The number of rotatable bonds is 2. The van der Waals surface area contributed by atoms with Crippen molar-refractivity contribution < 1.29 is 13.2 Å². The molecule has 2 aromatic carbocycles. The average molecular weight is 349 g/mol. The minimum atomic E-state index is -4.55. The lowest BCUT2D eigenvalue weighted by atomic mass is 9.97. The molecule has 0 atom stereocenters. The van der Waals surface area contributed by atoms with Gasteiger partial charge in [0.05, 0.1) is 5.56 Å². The Morgan fingerprint density at radius 3 is 2.46 bits per heavy atom. The summed E-state index contributed by atoms with van der Waals surface area (Å²) < 4.78 is 39.7. The smallest absolute Gasteiger partial charge is 0.247 e. The van der Waals surface area contributed by atoms with Crippen molar-refractivity contribution in [1.29, 1.82) is 5.26 Å². The summed E-state index contributed by atoms with van der Waals surface area (Å²) in [6.45, 7) is 0. The lowest BCUT2D eigenvalue weighted by Crippen LogP contribution is -2.05. The second-order valence-corrected chi connectivity index (χ2v) is 5.33. The molecule has 0 aliphatic carbocycles.